The second-order valence-electron chi connectivity index (χ2n) is 2.72. The first-order valence-corrected chi connectivity index (χ1v) is 3.91. The van der Waals surface area contributed by atoms with Crippen molar-refractivity contribution < 1.29 is 4.74 Å². The first-order valence-electron chi connectivity index (χ1n) is 3.91. The fraction of sp³-hybridized carbons (Fsp3) is 0.100. The standard InChI is InChI=1S/C10H8N2O/c1-13-9-5-7-3-2-4-8(6-11)10(7)12-9/h2-5,12H,1H3. The summed E-state index contributed by atoms with van der Waals surface area (Å²) in [5.41, 5.74) is 1.47. The molecule has 13 heavy (non-hydrogen) atoms. The number of methoxy groups -OCH3 is 1. The van der Waals surface area contributed by atoms with E-state index in [0.717, 1.165) is 10.9 Å². The third-order valence-electron chi connectivity index (χ3n) is 1.97. The average Bonchev–Trinajstić information content (AvgIpc) is 2.59. The quantitative estimate of drug-likeness (QED) is 0.715. The number of H-pyrrole nitrogens is 1. The summed E-state index contributed by atoms with van der Waals surface area (Å²) in [6.45, 7) is 0. The molecule has 0 saturated heterocycles. The monoisotopic (exact) mass is 172 g/mol. The zero-order valence-electron chi connectivity index (χ0n) is 7.16. The highest BCUT2D eigenvalue weighted by molar-refractivity contribution is 5.86. The molecule has 3 nitrogen and oxygen atoms in total. The van der Waals surface area contributed by atoms with Gasteiger partial charge < -0.3 is 9.72 Å². The van der Waals surface area contributed by atoms with Crippen LogP contribution in [0.4, 0.5) is 0 Å². The number of nitrogens with one attached hydrogen (secondary N) is 1. The summed E-state index contributed by atoms with van der Waals surface area (Å²) >= 11 is 0. The zero-order valence-corrected chi connectivity index (χ0v) is 7.16. The maximum absolute atomic E-state index is 8.81. The zero-order chi connectivity index (χ0) is 9.26. The Kier molecular flexibility index (Phi) is 1.67. The van der Waals surface area contributed by atoms with Gasteiger partial charge in [-0.15, -0.1) is 0 Å². The van der Waals surface area contributed by atoms with Crippen LogP contribution >= 0.6 is 0 Å². The van der Waals surface area contributed by atoms with Gasteiger partial charge in [0.05, 0.1) is 18.2 Å². The fourth-order valence-corrected chi connectivity index (χ4v) is 1.33. The first-order chi connectivity index (χ1) is 6.35. The van der Waals surface area contributed by atoms with Gasteiger partial charge in [0.2, 0.25) is 0 Å². The molecule has 0 aliphatic rings. The molecule has 0 unspecified atom stereocenters. The van der Waals surface area contributed by atoms with E-state index in [9.17, 15) is 0 Å². The SMILES string of the molecule is COc1cc2cccc(C#N)c2[nH]1. The van der Waals surface area contributed by atoms with Crippen LogP contribution in [0.5, 0.6) is 5.88 Å². The summed E-state index contributed by atoms with van der Waals surface area (Å²) in [4.78, 5) is 3.02. The van der Waals surface area contributed by atoms with Crippen LogP contribution in [0, 0.1) is 11.3 Å². The van der Waals surface area contributed by atoms with E-state index in [2.05, 4.69) is 11.1 Å². The molecule has 2 rings (SSSR count). The molecule has 0 atom stereocenters. The lowest BCUT2D eigenvalue weighted by Gasteiger charge is -1.91. The molecule has 0 aliphatic heterocycles. The van der Waals surface area contributed by atoms with E-state index < -0.39 is 0 Å². The van der Waals surface area contributed by atoms with E-state index in [0.29, 0.717) is 11.4 Å². The summed E-state index contributed by atoms with van der Waals surface area (Å²) in [5, 5.41) is 9.80. The molecule has 3 heteroatoms. The molecule has 1 heterocycles. The number of benzene rings is 1. The largest absolute Gasteiger partial charge is 0.482 e. The Morgan fingerprint density at radius 2 is 2.31 bits per heavy atom. The van der Waals surface area contributed by atoms with Crippen LogP contribution in [-0.2, 0) is 0 Å². The Morgan fingerprint density at radius 3 is 3.00 bits per heavy atom. The molecule has 0 fully saturated rings. The highest BCUT2D eigenvalue weighted by Gasteiger charge is 2.03. The van der Waals surface area contributed by atoms with Crippen molar-refractivity contribution in [3.63, 3.8) is 0 Å². The molecule has 64 valence electrons. The lowest BCUT2D eigenvalue weighted by Crippen LogP contribution is -1.80. The highest BCUT2D eigenvalue weighted by Crippen LogP contribution is 2.22. The van der Waals surface area contributed by atoms with Crippen LogP contribution in [0.1, 0.15) is 5.56 Å². The second kappa shape index (κ2) is 2.83. The number of rotatable bonds is 1. The number of hydrogen-bond donors (Lipinski definition) is 1. The molecule has 0 spiro atoms. The summed E-state index contributed by atoms with van der Waals surface area (Å²) in [5.74, 6) is 0.678. The Hall–Kier alpha value is -1.95. The molecular weight excluding hydrogens is 164 g/mol. The van der Waals surface area contributed by atoms with E-state index in [1.54, 1.807) is 13.2 Å². The summed E-state index contributed by atoms with van der Waals surface area (Å²) in [6.07, 6.45) is 0. The van der Waals surface area contributed by atoms with Gasteiger partial charge >= 0.3 is 0 Å². The van der Waals surface area contributed by atoms with E-state index in [1.807, 2.05) is 18.2 Å². The lowest BCUT2D eigenvalue weighted by molar-refractivity contribution is 0.401. The molecule has 0 radical (unpaired) electrons. The van der Waals surface area contributed by atoms with Gasteiger partial charge in [-0.05, 0) is 6.07 Å². The normalized spacial score (nSPS) is 9.85. The number of aromatic amines is 1. The molecule has 0 bridgehead atoms. The Labute approximate surface area is 75.6 Å². The molecule has 1 N–H and O–H groups in total. The van der Waals surface area contributed by atoms with Gasteiger partial charge in [-0.25, -0.2) is 0 Å². The fourth-order valence-electron chi connectivity index (χ4n) is 1.33. The molecule has 0 amide bonds. The van der Waals surface area contributed by atoms with Crippen LogP contribution in [0.2, 0.25) is 0 Å². The van der Waals surface area contributed by atoms with E-state index in [1.165, 1.54) is 0 Å². The minimum atomic E-state index is 0.640. The number of hydrogen-bond acceptors (Lipinski definition) is 2. The number of nitriles is 1. The van der Waals surface area contributed by atoms with Crippen molar-refractivity contribution in [3.8, 4) is 11.9 Å². The van der Waals surface area contributed by atoms with Crippen LogP contribution in [0.3, 0.4) is 0 Å². The van der Waals surface area contributed by atoms with Crippen molar-refractivity contribution in [2.45, 2.75) is 0 Å². The Balaban J connectivity index is 2.76. The Bertz CT molecular complexity index is 479. The van der Waals surface area contributed by atoms with Crippen molar-refractivity contribution in [1.29, 1.82) is 5.26 Å². The van der Waals surface area contributed by atoms with Crippen molar-refractivity contribution in [1.82, 2.24) is 4.98 Å². The summed E-state index contributed by atoms with van der Waals surface area (Å²) in [6, 6.07) is 9.56. The Morgan fingerprint density at radius 1 is 1.46 bits per heavy atom. The average molecular weight is 172 g/mol. The van der Waals surface area contributed by atoms with Gasteiger partial charge in [-0.3, -0.25) is 0 Å². The van der Waals surface area contributed by atoms with Crippen molar-refractivity contribution in [3.05, 3.63) is 29.8 Å². The van der Waals surface area contributed by atoms with E-state index in [4.69, 9.17) is 10.00 Å². The van der Waals surface area contributed by atoms with E-state index >= 15 is 0 Å². The van der Waals surface area contributed by atoms with Crippen LogP contribution in [-0.4, -0.2) is 12.1 Å². The number of nitrogens with zero attached hydrogens (tertiary/aromatic N) is 1. The molecule has 2 aromatic rings. The first kappa shape index (κ1) is 7.69. The predicted molar refractivity (Wildman–Crippen MR) is 49.6 cm³/mol. The second-order valence-corrected chi connectivity index (χ2v) is 2.72. The van der Waals surface area contributed by atoms with Gasteiger partial charge in [0.15, 0.2) is 5.88 Å². The predicted octanol–water partition coefficient (Wildman–Crippen LogP) is 2.05. The molecule has 1 aromatic heterocycles. The van der Waals surface area contributed by atoms with Gasteiger partial charge in [0.1, 0.15) is 6.07 Å². The van der Waals surface area contributed by atoms with Gasteiger partial charge in [0.25, 0.3) is 0 Å². The minimum Gasteiger partial charge on any atom is -0.482 e. The molecule has 0 aliphatic carbocycles. The summed E-state index contributed by atoms with van der Waals surface area (Å²) < 4.78 is 5.03. The third kappa shape index (κ3) is 1.13. The van der Waals surface area contributed by atoms with Crippen molar-refractivity contribution >= 4 is 10.9 Å². The third-order valence-corrected chi connectivity index (χ3v) is 1.97. The molecule has 1 aromatic carbocycles. The topological polar surface area (TPSA) is 48.8 Å². The van der Waals surface area contributed by atoms with Crippen molar-refractivity contribution in [2.75, 3.05) is 7.11 Å². The van der Waals surface area contributed by atoms with Gasteiger partial charge in [0, 0.05) is 11.5 Å². The lowest BCUT2D eigenvalue weighted by atomic mass is 10.2. The van der Waals surface area contributed by atoms with Crippen LogP contribution in [0.25, 0.3) is 10.9 Å². The van der Waals surface area contributed by atoms with Crippen LogP contribution in [0.15, 0.2) is 24.3 Å². The van der Waals surface area contributed by atoms with E-state index in [-0.39, 0.29) is 0 Å². The van der Waals surface area contributed by atoms with Crippen LogP contribution < -0.4 is 4.74 Å². The highest BCUT2D eigenvalue weighted by atomic mass is 16.5. The maximum Gasteiger partial charge on any atom is 0.191 e. The number of aromatic nitrogens is 1. The molecular formula is C10H8N2O. The maximum atomic E-state index is 8.81. The number of ether oxygens (including phenoxy) is 1. The number of fused-ring (bicyclic) bond motifs is 1. The molecule has 0 saturated carbocycles. The number of para-hydroxylation sites is 1. The van der Waals surface area contributed by atoms with Crippen molar-refractivity contribution in [2.24, 2.45) is 0 Å². The van der Waals surface area contributed by atoms with Gasteiger partial charge in [-0.2, -0.15) is 5.26 Å². The van der Waals surface area contributed by atoms with Gasteiger partial charge in [-0.1, -0.05) is 12.1 Å². The minimum absolute atomic E-state index is 0.640. The smallest absolute Gasteiger partial charge is 0.191 e. The summed E-state index contributed by atoms with van der Waals surface area (Å²) in [7, 11) is 1.59.